The van der Waals surface area contributed by atoms with Crippen molar-refractivity contribution >= 4 is 34.7 Å². The first-order chi connectivity index (χ1) is 10.9. The summed E-state index contributed by atoms with van der Waals surface area (Å²) in [6.07, 6.45) is 0. The van der Waals surface area contributed by atoms with Crippen LogP contribution in [0.15, 0.2) is 47.4 Å². The Hall–Kier alpha value is -2.54. The van der Waals surface area contributed by atoms with Crippen LogP contribution in [0.25, 0.3) is 0 Å². The Morgan fingerprint density at radius 3 is 2.65 bits per heavy atom. The maximum atomic E-state index is 12.3. The van der Waals surface area contributed by atoms with E-state index < -0.39 is 4.92 Å². The minimum absolute atomic E-state index is 0.00248. The normalized spacial score (nSPS) is 11.7. The molecule has 0 saturated carbocycles. The van der Waals surface area contributed by atoms with Gasteiger partial charge in [-0.05, 0) is 43.7 Å². The average Bonchev–Trinajstić information content (AvgIpc) is 2.49. The first-order valence-electron chi connectivity index (χ1n) is 6.95. The quantitative estimate of drug-likeness (QED) is 0.377. The molecular formula is C16H17N3O3S. The Labute approximate surface area is 138 Å². The van der Waals surface area contributed by atoms with Crippen molar-refractivity contribution in [2.75, 3.05) is 11.1 Å². The number of rotatable bonds is 5. The lowest BCUT2D eigenvalue weighted by Crippen LogP contribution is -2.22. The number of hydrogen-bond donors (Lipinski definition) is 2. The molecule has 0 saturated heterocycles. The molecule has 0 aliphatic carbocycles. The molecule has 0 heterocycles. The van der Waals surface area contributed by atoms with E-state index >= 15 is 0 Å². The summed E-state index contributed by atoms with van der Waals surface area (Å²) in [4.78, 5) is 23.5. The maximum absolute atomic E-state index is 12.3. The van der Waals surface area contributed by atoms with Crippen LogP contribution in [0, 0.1) is 17.0 Å². The molecule has 2 rings (SSSR count). The number of carbonyl (C=O) groups excluding carboxylic acids is 1. The number of aryl methyl sites for hydroxylation is 1. The molecular weight excluding hydrogens is 314 g/mol. The van der Waals surface area contributed by atoms with Gasteiger partial charge in [0.1, 0.15) is 0 Å². The van der Waals surface area contributed by atoms with E-state index in [1.807, 2.05) is 18.2 Å². The van der Waals surface area contributed by atoms with E-state index in [2.05, 4.69) is 5.32 Å². The van der Waals surface area contributed by atoms with Crippen molar-refractivity contribution in [2.24, 2.45) is 0 Å². The van der Waals surface area contributed by atoms with Gasteiger partial charge in [-0.25, -0.2) is 0 Å². The number of hydrogen-bond acceptors (Lipinski definition) is 5. The lowest BCUT2D eigenvalue weighted by molar-refractivity contribution is -0.384. The zero-order valence-corrected chi connectivity index (χ0v) is 13.6. The summed E-state index contributed by atoms with van der Waals surface area (Å²) in [6.45, 7) is 3.52. The van der Waals surface area contributed by atoms with Gasteiger partial charge in [0.2, 0.25) is 5.91 Å². The Morgan fingerprint density at radius 2 is 2.04 bits per heavy atom. The molecule has 7 heteroatoms. The summed E-state index contributed by atoms with van der Waals surface area (Å²) in [5.74, 6) is -0.172. The van der Waals surface area contributed by atoms with Crippen molar-refractivity contribution in [2.45, 2.75) is 24.0 Å². The summed E-state index contributed by atoms with van der Waals surface area (Å²) in [5.41, 5.74) is 7.59. The molecule has 1 unspecified atom stereocenters. The number of nitrogen functional groups attached to an aromatic ring is 1. The van der Waals surface area contributed by atoms with Gasteiger partial charge in [-0.15, -0.1) is 11.8 Å². The van der Waals surface area contributed by atoms with Gasteiger partial charge in [0.05, 0.1) is 10.2 Å². The van der Waals surface area contributed by atoms with Crippen molar-refractivity contribution in [1.82, 2.24) is 0 Å². The first-order valence-corrected chi connectivity index (χ1v) is 7.83. The van der Waals surface area contributed by atoms with Crippen LogP contribution in [-0.4, -0.2) is 16.1 Å². The van der Waals surface area contributed by atoms with Gasteiger partial charge < -0.3 is 11.1 Å². The summed E-state index contributed by atoms with van der Waals surface area (Å²) in [6, 6.07) is 11.7. The second-order valence-corrected chi connectivity index (χ2v) is 6.49. The number of nitrogens with two attached hydrogens (primary N) is 1. The Kier molecular flexibility index (Phi) is 5.23. The van der Waals surface area contributed by atoms with Gasteiger partial charge in [0, 0.05) is 28.4 Å². The maximum Gasteiger partial charge on any atom is 0.269 e. The molecule has 1 amide bonds. The van der Waals surface area contributed by atoms with Crippen LogP contribution in [0.4, 0.5) is 17.1 Å². The summed E-state index contributed by atoms with van der Waals surface area (Å²) in [7, 11) is 0. The zero-order valence-electron chi connectivity index (χ0n) is 12.8. The molecule has 0 aromatic heterocycles. The predicted molar refractivity (Wildman–Crippen MR) is 92.6 cm³/mol. The van der Waals surface area contributed by atoms with E-state index in [-0.39, 0.29) is 16.8 Å². The number of nitrogens with zero attached hydrogens (tertiary/aromatic N) is 1. The highest BCUT2D eigenvalue weighted by Crippen LogP contribution is 2.27. The molecule has 6 nitrogen and oxygen atoms in total. The third-order valence-corrected chi connectivity index (χ3v) is 4.31. The fraction of sp³-hybridized carbons (Fsp3) is 0.188. The standard InChI is InChI=1S/C16H17N3O3S/c1-10-8-13(19(21)22)6-7-15(10)18-16(20)11(2)23-14-5-3-4-12(17)9-14/h3-9,11H,17H2,1-2H3,(H,18,20). The molecule has 0 fully saturated rings. The van der Waals surface area contributed by atoms with Gasteiger partial charge in [0.15, 0.2) is 0 Å². The van der Waals surface area contributed by atoms with Crippen LogP contribution in [-0.2, 0) is 4.79 Å². The molecule has 0 aliphatic heterocycles. The lowest BCUT2D eigenvalue weighted by atomic mass is 10.2. The summed E-state index contributed by atoms with van der Waals surface area (Å²) >= 11 is 1.40. The number of carbonyl (C=O) groups is 1. The number of amides is 1. The molecule has 0 radical (unpaired) electrons. The molecule has 2 aromatic carbocycles. The highest BCUT2D eigenvalue weighted by atomic mass is 32.2. The van der Waals surface area contributed by atoms with Crippen molar-refractivity contribution < 1.29 is 9.72 Å². The van der Waals surface area contributed by atoms with Crippen molar-refractivity contribution in [1.29, 1.82) is 0 Å². The minimum atomic E-state index is -0.461. The molecule has 3 N–H and O–H groups in total. The van der Waals surface area contributed by atoms with Gasteiger partial charge in [-0.2, -0.15) is 0 Å². The number of non-ortho nitro benzene ring substituents is 1. The van der Waals surface area contributed by atoms with Crippen LogP contribution in [0.1, 0.15) is 12.5 Å². The van der Waals surface area contributed by atoms with E-state index in [4.69, 9.17) is 5.73 Å². The molecule has 0 spiro atoms. The number of anilines is 2. The van der Waals surface area contributed by atoms with Crippen molar-refractivity contribution in [3.63, 3.8) is 0 Å². The fourth-order valence-corrected chi connectivity index (χ4v) is 2.92. The first kappa shape index (κ1) is 16.8. The Morgan fingerprint density at radius 1 is 1.30 bits per heavy atom. The largest absolute Gasteiger partial charge is 0.399 e. The van der Waals surface area contributed by atoms with E-state index in [0.717, 1.165) is 4.90 Å². The van der Waals surface area contributed by atoms with E-state index in [9.17, 15) is 14.9 Å². The molecule has 0 aliphatic rings. The molecule has 1 atom stereocenters. The van der Waals surface area contributed by atoms with Gasteiger partial charge >= 0.3 is 0 Å². The fourth-order valence-electron chi connectivity index (χ4n) is 1.98. The number of thioether (sulfide) groups is 1. The molecule has 120 valence electrons. The number of nitro groups is 1. The molecule has 23 heavy (non-hydrogen) atoms. The van der Waals surface area contributed by atoms with Gasteiger partial charge in [0.25, 0.3) is 5.69 Å². The SMILES string of the molecule is Cc1cc([N+](=O)[O-])ccc1NC(=O)C(C)Sc1cccc(N)c1. The van der Waals surface area contributed by atoms with E-state index in [1.165, 1.54) is 23.9 Å². The third-order valence-electron chi connectivity index (χ3n) is 3.22. The van der Waals surface area contributed by atoms with Crippen molar-refractivity contribution in [3.8, 4) is 0 Å². The van der Waals surface area contributed by atoms with Gasteiger partial charge in [-0.1, -0.05) is 6.07 Å². The van der Waals surface area contributed by atoms with E-state index in [1.54, 1.807) is 26.0 Å². The highest BCUT2D eigenvalue weighted by Gasteiger charge is 2.16. The minimum Gasteiger partial charge on any atom is -0.399 e. The average molecular weight is 331 g/mol. The van der Waals surface area contributed by atoms with Crippen LogP contribution >= 0.6 is 11.8 Å². The predicted octanol–water partition coefficient (Wildman–Crippen LogP) is 3.60. The molecule has 2 aromatic rings. The number of nitro benzene ring substituents is 1. The number of benzene rings is 2. The van der Waals surface area contributed by atoms with Crippen LogP contribution < -0.4 is 11.1 Å². The second kappa shape index (κ2) is 7.15. The van der Waals surface area contributed by atoms with Crippen LogP contribution in [0.2, 0.25) is 0 Å². The second-order valence-electron chi connectivity index (χ2n) is 5.08. The topological polar surface area (TPSA) is 98.3 Å². The Bertz CT molecular complexity index is 749. The number of nitrogens with one attached hydrogen (secondary N) is 1. The van der Waals surface area contributed by atoms with E-state index in [0.29, 0.717) is 16.9 Å². The third kappa shape index (κ3) is 4.46. The lowest BCUT2D eigenvalue weighted by Gasteiger charge is -2.13. The Balaban J connectivity index is 2.05. The smallest absolute Gasteiger partial charge is 0.269 e. The monoisotopic (exact) mass is 331 g/mol. The van der Waals surface area contributed by atoms with Gasteiger partial charge in [-0.3, -0.25) is 14.9 Å². The van der Waals surface area contributed by atoms with Crippen LogP contribution in [0.5, 0.6) is 0 Å². The van der Waals surface area contributed by atoms with Crippen LogP contribution in [0.3, 0.4) is 0 Å². The summed E-state index contributed by atoms with van der Waals surface area (Å²) in [5, 5.41) is 13.2. The summed E-state index contributed by atoms with van der Waals surface area (Å²) < 4.78 is 0. The molecule has 0 bridgehead atoms. The zero-order chi connectivity index (χ0) is 17.0. The highest BCUT2D eigenvalue weighted by molar-refractivity contribution is 8.00. The van der Waals surface area contributed by atoms with Crippen molar-refractivity contribution in [3.05, 3.63) is 58.1 Å².